The number of halogens is 3. The Labute approximate surface area is 96.2 Å². The van der Waals surface area contributed by atoms with Crippen LogP contribution in [-0.4, -0.2) is 23.5 Å². The van der Waals surface area contributed by atoms with Crippen molar-refractivity contribution in [2.24, 2.45) is 0 Å². The molecular weight excluding hydrogens is 259 g/mol. The molecule has 1 aromatic rings. The first-order valence-electron chi connectivity index (χ1n) is 4.66. The van der Waals surface area contributed by atoms with Gasteiger partial charge in [0, 0.05) is 17.8 Å². The van der Waals surface area contributed by atoms with Gasteiger partial charge in [0.2, 0.25) is 0 Å². The molecule has 2 rings (SSSR count). The highest BCUT2D eigenvalue weighted by molar-refractivity contribution is 7.86. The summed E-state index contributed by atoms with van der Waals surface area (Å²) in [6.07, 6.45) is 4.56. The molecule has 1 N–H and O–H groups in total. The Morgan fingerprint density at radius 3 is 2.12 bits per heavy atom. The molecule has 96 valence electrons. The third-order valence-electron chi connectivity index (χ3n) is 1.98. The van der Waals surface area contributed by atoms with E-state index in [0.717, 1.165) is 5.92 Å². The fourth-order valence-corrected chi connectivity index (χ4v) is 0.997. The lowest BCUT2D eigenvalue weighted by atomic mass is 10.3. The molecule has 1 aliphatic rings. The maximum absolute atomic E-state index is 10.7. The van der Waals surface area contributed by atoms with Crippen LogP contribution in [-0.2, 0) is 10.1 Å². The van der Waals surface area contributed by atoms with E-state index in [4.69, 9.17) is 13.0 Å². The summed E-state index contributed by atoms with van der Waals surface area (Å²) >= 11 is 0. The van der Waals surface area contributed by atoms with Crippen LogP contribution in [0.3, 0.4) is 0 Å². The van der Waals surface area contributed by atoms with Gasteiger partial charge in [-0.3, -0.25) is 9.54 Å². The Morgan fingerprint density at radius 1 is 1.29 bits per heavy atom. The molecule has 0 unspecified atom stereocenters. The molecule has 0 spiro atoms. The van der Waals surface area contributed by atoms with E-state index in [2.05, 4.69) is 17.1 Å². The second-order valence-corrected chi connectivity index (χ2v) is 4.86. The van der Waals surface area contributed by atoms with Gasteiger partial charge in [-0.2, -0.15) is 21.6 Å². The van der Waals surface area contributed by atoms with Crippen LogP contribution < -0.4 is 0 Å². The second-order valence-electron chi connectivity index (χ2n) is 3.45. The van der Waals surface area contributed by atoms with Crippen molar-refractivity contribution in [3.8, 4) is 0 Å². The summed E-state index contributed by atoms with van der Waals surface area (Å²) < 4.78 is 57.5. The summed E-state index contributed by atoms with van der Waals surface area (Å²) in [4.78, 5) is 4.24. The van der Waals surface area contributed by atoms with Gasteiger partial charge >= 0.3 is 15.6 Å². The van der Waals surface area contributed by atoms with E-state index in [0.29, 0.717) is 0 Å². The number of alkyl halides is 3. The van der Waals surface area contributed by atoms with Crippen molar-refractivity contribution in [2.75, 3.05) is 0 Å². The predicted octanol–water partition coefficient (Wildman–Crippen LogP) is 2.35. The van der Waals surface area contributed by atoms with Crippen LogP contribution in [0, 0.1) is 0 Å². The van der Waals surface area contributed by atoms with Crippen LogP contribution in [0.1, 0.15) is 24.5 Å². The first kappa shape index (κ1) is 13.9. The highest BCUT2D eigenvalue weighted by Crippen LogP contribution is 2.38. The van der Waals surface area contributed by atoms with Crippen molar-refractivity contribution in [2.45, 2.75) is 24.3 Å². The third-order valence-corrected chi connectivity index (χ3v) is 2.56. The topological polar surface area (TPSA) is 67.3 Å². The summed E-state index contributed by atoms with van der Waals surface area (Å²) in [6, 6.07) is 6.13. The predicted molar refractivity (Wildman–Crippen MR) is 53.8 cm³/mol. The molecule has 0 amide bonds. The highest BCUT2D eigenvalue weighted by atomic mass is 32.2. The zero-order valence-corrected chi connectivity index (χ0v) is 9.37. The minimum absolute atomic E-state index is 0.797. The van der Waals surface area contributed by atoms with Crippen LogP contribution in [0.5, 0.6) is 0 Å². The number of rotatable bonds is 1. The molecule has 1 saturated carbocycles. The Kier molecular flexibility index (Phi) is 4.10. The number of aromatic nitrogens is 1. The molecule has 1 aliphatic carbocycles. The van der Waals surface area contributed by atoms with Crippen molar-refractivity contribution < 1.29 is 26.1 Å². The Balaban J connectivity index is 0.000000172. The molecule has 1 fully saturated rings. The second kappa shape index (κ2) is 5.01. The molecule has 0 saturated heterocycles. The summed E-state index contributed by atoms with van der Waals surface area (Å²) in [6.45, 7) is 0. The van der Waals surface area contributed by atoms with Crippen LogP contribution in [0.15, 0.2) is 24.4 Å². The zero-order chi connectivity index (χ0) is 13.1. The highest BCUT2D eigenvalue weighted by Gasteiger charge is 2.44. The van der Waals surface area contributed by atoms with Gasteiger partial charge in [-0.05, 0) is 25.0 Å². The molecule has 1 aromatic heterocycles. The van der Waals surface area contributed by atoms with E-state index in [9.17, 15) is 13.2 Å². The molecule has 0 bridgehead atoms. The quantitative estimate of drug-likeness (QED) is 0.627. The summed E-state index contributed by atoms with van der Waals surface area (Å²) in [5, 5.41) is 0. The third kappa shape index (κ3) is 4.70. The lowest BCUT2D eigenvalue weighted by Gasteiger charge is -1.97. The Hall–Kier alpha value is -1.15. The Morgan fingerprint density at radius 2 is 1.82 bits per heavy atom. The van der Waals surface area contributed by atoms with Gasteiger partial charge in [-0.25, -0.2) is 0 Å². The maximum Gasteiger partial charge on any atom is 0.522 e. The van der Waals surface area contributed by atoms with Crippen molar-refractivity contribution in [3.05, 3.63) is 30.1 Å². The molecule has 0 aliphatic heterocycles. The average Bonchev–Trinajstić information content (AvgIpc) is 3.00. The Bertz CT molecular complexity index is 454. The van der Waals surface area contributed by atoms with E-state index in [-0.39, 0.29) is 0 Å². The number of nitrogens with zero attached hydrogens (tertiary/aromatic N) is 1. The molecule has 4 nitrogen and oxygen atoms in total. The number of hydrogen-bond acceptors (Lipinski definition) is 3. The minimum Gasteiger partial charge on any atom is -0.279 e. The van der Waals surface area contributed by atoms with E-state index in [1.54, 1.807) is 0 Å². The van der Waals surface area contributed by atoms with E-state index < -0.39 is 15.6 Å². The summed E-state index contributed by atoms with van der Waals surface area (Å²) in [7, 11) is -5.84. The zero-order valence-electron chi connectivity index (χ0n) is 8.55. The fourth-order valence-electron chi connectivity index (χ4n) is 0.997. The van der Waals surface area contributed by atoms with Gasteiger partial charge in [0.25, 0.3) is 0 Å². The van der Waals surface area contributed by atoms with Gasteiger partial charge in [-0.1, -0.05) is 6.07 Å². The smallest absolute Gasteiger partial charge is 0.279 e. The maximum atomic E-state index is 10.7. The minimum atomic E-state index is -5.84. The SMILES string of the molecule is O=S(=O)(O)C(F)(F)F.c1ccc(C2CC2)nc1. The molecular formula is C9H10F3NO3S. The van der Waals surface area contributed by atoms with Crippen LogP contribution in [0.4, 0.5) is 13.2 Å². The monoisotopic (exact) mass is 269 g/mol. The fraction of sp³-hybridized carbons (Fsp3) is 0.444. The summed E-state index contributed by atoms with van der Waals surface area (Å²) in [5.41, 5.74) is -4.26. The largest absolute Gasteiger partial charge is 0.522 e. The van der Waals surface area contributed by atoms with Crippen molar-refractivity contribution in [1.82, 2.24) is 4.98 Å². The van der Waals surface area contributed by atoms with E-state index in [1.165, 1.54) is 18.5 Å². The molecule has 0 atom stereocenters. The lowest BCUT2D eigenvalue weighted by Crippen LogP contribution is -2.21. The van der Waals surface area contributed by atoms with Crippen LogP contribution in [0.25, 0.3) is 0 Å². The van der Waals surface area contributed by atoms with Gasteiger partial charge in [0.1, 0.15) is 0 Å². The standard InChI is InChI=1S/C8H9N.CHF3O3S/c1-2-6-9-8(3-1)7-4-5-7;2-1(3,4)8(5,6)7/h1-3,6-7H,4-5H2;(H,5,6,7). The van der Waals surface area contributed by atoms with Crippen LogP contribution in [0.2, 0.25) is 0 Å². The molecule has 1 heterocycles. The molecule has 17 heavy (non-hydrogen) atoms. The molecule has 0 aromatic carbocycles. The molecule has 8 heteroatoms. The van der Waals surface area contributed by atoms with Crippen LogP contribution >= 0.6 is 0 Å². The average molecular weight is 269 g/mol. The normalized spacial score (nSPS) is 16.0. The summed E-state index contributed by atoms with van der Waals surface area (Å²) in [5.74, 6) is 0.797. The van der Waals surface area contributed by atoms with Gasteiger partial charge in [-0.15, -0.1) is 0 Å². The van der Waals surface area contributed by atoms with Gasteiger partial charge < -0.3 is 0 Å². The molecule has 0 radical (unpaired) electrons. The number of pyridine rings is 1. The van der Waals surface area contributed by atoms with Gasteiger partial charge in [0.15, 0.2) is 0 Å². The van der Waals surface area contributed by atoms with Crippen molar-refractivity contribution in [1.29, 1.82) is 0 Å². The number of hydrogen-bond donors (Lipinski definition) is 1. The first-order valence-corrected chi connectivity index (χ1v) is 6.10. The van der Waals surface area contributed by atoms with Crippen molar-refractivity contribution in [3.63, 3.8) is 0 Å². The van der Waals surface area contributed by atoms with E-state index >= 15 is 0 Å². The van der Waals surface area contributed by atoms with Gasteiger partial charge in [0.05, 0.1) is 0 Å². The van der Waals surface area contributed by atoms with Crippen molar-refractivity contribution >= 4 is 10.1 Å². The van der Waals surface area contributed by atoms with E-state index in [1.807, 2.05) is 12.3 Å². The first-order chi connectivity index (χ1) is 7.72. The lowest BCUT2D eigenvalue weighted by molar-refractivity contribution is -0.0510.